The molecule has 1 saturated heterocycles. The normalized spacial score (nSPS) is 15.1. The van der Waals surface area contributed by atoms with Crippen LogP contribution >= 0.6 is 23.4 Å². The summed E-state index contributed by atoms with van der Waals surface area (Å²) in [6.45, 7) is 4.62. The van der Waals surface area contributed by atoms with E-state index in [1.165, 1.54) is 0 Å². The second-order valence-electron chi connectivity index (χ2n) is 5.82. The van der Waals surface area contributed by atoms with Crippen molar-refractivity contribution in [3.05, 3.63) is 35.5 Å². The molecular formula is C17H20ClN5OS. The SMILES string of the molecule is CC(=O)N1CCCN(c2nc(N)ncc2Sc2ccc(Cl)cc2)CC1. The lowest BCUT2D eigenvalue weighted by molar-refractivity contribution is -0.128. The van der Waals surface area contributed by atoms with E-state index in [2.05, 4.69) is 14.9 Å². The summed E-state index contributed by atoms with van der Waals surface area (Å²) < 4.78 is 0. The molecule has 132 valence electrons. The van der Waals surface area contributed by atoms with Crippen molar-refractivity contribution >= 4 is 41.0 Å². The van der Waals surface area contributed by atoms with Gasteiger partial charge in [0, 0.05) is 49.2 Å². The Hall–Kier alpha value is -1.99. The summed E-state index contributed by atoms with van der Waals surface area (Å²) >= 11 is 7.53. The number of carbonyl (C=O) groups excluding carboxylic acids is 1. The summed E-state index contributed by atoms with van der Waals surface area (Å²) in [4.78, 5) is 26.3. The number of hydrogen-bond acceptors (Lipinski definition) is 6. The minimum absolute atomic E-state index is 0.111. The minimum atomic E-state index is 0.111. The second-order valence-corrected chi connectivity index (χ2v) is 7.37. The number of nitrogen functional groups attached to an aromatic ring is 1. The third kappa shape index (κ3) is 4.55. The van der Waals surface area contributed by atoms with Crippen LogP contribution in [0.5, 0.6) is 0 Å². The first-order valence-corrected chi connectivity index (χ1v) is 9.29. The molecule has 6 nitrogen and oxygen atoms in total. The molecule has 1 fully saturated rings. The third-order valence-electron chi connectivity index (χ3n) is 4.04. The van der Waals surface area contributed by atoms with Crippen molar-refractivity contribution in [1.29, 1.82) is 0 Å². The Morgan fingerprint density at radius 2 is 1.96 bits per heavy atom. The fourth-order valence-corrected chi connectivity index (χ4v) is 3.77. The van der Waals surface area contributed by atoms with Crippen LogP contribution in [0.25, 0.3) is 0 Å². The molecule has 0 aliphatic carbocycles. The molecule has 2 heterocycles. The van der Waals surface area contributed by atoms with E-state index >= 15 is 0 Å². The van der Waals surface area contributed by atoms with Crippen molar-refractivity contribution in [3.63, 3.8) is 0 Å². The number of nitrogens with zero attached hydrogens (tertiary/aromatic N) is 4. The van der Waals surface area contributed by atoms with Crippen LogP contribution in [0.2, 0.25) is 5.02 Å². The molecule has 1 amide bonds. The Morgan fingerprint density at radius 3 is 2.68 bits per heavy atom. The maximum Gasteiger partial charge on any atom is 0.222 e. The van der Waals surface area contributed by atoms with Crippen molar-refractivity contribution in [3.8, 4) is 0 Å². The summed E-state index contributed by atoms with van der Waals surface area (Å²) in [7, 11) is 0. The molecular weight excluding hydrogens is 358 g/mol. The van der Waals surface area contributed by atoms with Crippen LogP contribution in [0.1, 0.15) is 13.3 Å². The zero-order chi connectivity index (χ0) is 17.8. The highest BCUT2D eigenvalue weighted by Crippen LogP contribution is 2.35. The molecule has 0 spiro atoms. The van der Waals surface area contributed by atoms with Crippen LogP contribution in [-0.2, 0) is 4.79 Å². The smallest absolute Gasteiger partial charge is 0.222 e. The van der Waals surface area contributed by atoms with E-state index in [-0.39, 0.29) is 11.9 Å². The van der Waals surface area contributed by atoms with Crippen molar-refractivity contribution < 1.29 is 4.79 Å². The number of nitrogens with two attached hydrogens (primary N) is 1. The number of rotatable bonds is 3. The van der Waals surface area contributed by atoms with E-state index in [9.17, 15) is 4.79 Å². The van der Waals surface area contributed by atoms with E-state index in [0.717, 1.165) is 41.7 Å². The van der Waals surface area contributed by atoms with E-state index in [1.807, 2.05) is 29.2 Å². The summed E-state index contributed by atoms with van der Waals surface area (Å²) in [5.41, 5.74) is 5.82. The number of anilines is 2. The standard InChI is InChI=1S/C17H20ClN5OS/c1-12(24)22-7-2-8-23(10-9-22)16-15(11-20-17(19)21-16)25-14-5-3-13(18)4-6-14/h3-6,11H,2,7-10H2,1H3,(H2,19,20,21). The van der Waals surface area contributed by atoms with Crippen LogP contribution in [0.15, 0.2) is 40.3 Å². The van der Waals surface area contributed by atoms with Crippen molar-refractivity contribution in [2.45, 2.75) is 23.1 Å². The van der Waals surface area contributed by atoms with Gasteiger partial charge >= 0.3 is 0 Å². The highest BCUT2D eigenvalue weighted by Gasteiger charge is 2.20. The largest absolute Gasteiger partial charge is 0.368 e. The average molecular weight is 378 g/mol. The topological polar surface area (TPSA) is 75.4 Å². The molecule has 25 heavy (non-hydrogen) atoms. The minimum Gasteiger partial charge on any atom is -0.368 e. The lowest BCUT2D eigenvalue weighted by Crippen LogP contribution is -2.34. The summed E-state index contributed by atoms with van der Waals surface area (Å²) in [5, 5.41) is 0.704. The summed E-state index contributed by atoms with van der Waals surface area (Å²) in [5.74, 6) is 1.18. The van der Waals surface area contributed by atoms with Crippen LogP contribution in [0, 0.1) is 0 Å². The number of carbonyl (C=O) groups is 1. The first-order chi connectivity index (χ1) is 12.0. The predicted molar refractivity (Wildman–Crippen MR) is 101 cm³/mol. The quantitative estimate of drug-likeness (QED) is 0.886. The molecule has 2 N–H and O–H groups in total. The fourth-order valence-electron chi connectivity index (χ4n) is 2.75. The first-order valence-electron chi connectivity index (χ1n) is 8.09. The molecule has 0 saturated carbocycles. The molecule has 0 radical (unpaired) electrons. The zero-order valence-corrected chi connectivity index (χ0v) is 15.6. The van der Waals surface area contributed by atoms with Crippen LogP contribution < -0.4 is 10.6 Å². The van der Waals surface area contributed by atoms with Gasteiger partial charge in [-0.3, -0.25) is 4.79 Å². The van der Waals surface area contributed by atoms with Gasteiger partial charge in [-0.1, -0.05) is 23.4 Å². The molecule has 0 atom stereocenters. The Bertz CT molecular complexity index is 755. The van der Waals surface area contributed by atoms with Gasteiger partial charge in [0.15, 0.2) is 0 Å². The van der Waals surface area contributed by atoms with Crippen molar-refractivity contribution in [1.82, 2.24) is 14.9 Å². The molecule has 2 aromatic rings. The maximum absolute atomic E-state index is 11.6. The van der Waals surface area contributed by atoms with Gasteiger partial charge in [0.25, 0.3) is 0 Å². The lowest BCUT2D eigenvalue weighted by atomic mass is 10.3. The molecule has 0 bridgehead atoms. The van der Waals surface area contributed by atoms with Gasteiger partial charge in [0.05, 0.1) is 4.90 Å². The first kappa shape index (κ1) is 17.8. The molecule has 1 aliphatic rings. The highest BCUT2D eigenvalue weighted by molar-refractivity contribution is 7.99. The van der Waals surface area contributed by atoms with E-state index in [1.54, 1.807) is 24.9 Å². The second kappa shape index (κ2) is 7.93. The number of amides is 1. The zero-order valence-electron chi connectivity index (χ0n) is 14.0. The van der Waals surface area contributed by atoms with Crippen molar-refractivity contribution in [2.75, 3.05) is 36.8 Å². The van der Waals surface area contributed by atoms with Gasteiger partial charge < -0.3 is 15.5 Å². The third-order valence-corrected chi connectivity index (χ3v) is 5.30. The number of hydrogen-bond donors (Lipinski definition) is 1. The Balaban J connectivity index is 1.83. The van der Waals surface area contributed by atoms with Gasteiger partial charge in [0.1, 0.15) is 5.82 Å². The van der Waals surface area contributed by atoms with Gasteiger partial charge in [-0.05, 0) is 30.7 Å². The van der Waals surface area contributed by atoms with Gasteiger partial charge in [-0.2, -0.15) is 4.98 Å². The number of halogens is 1. The molecule has 3 rings (SSSR count). The predicted octanol–water partition coefficient (Wildman–Crippen LogP) is 2.92. The fraction of sp³-hybridized carbons (Fsp3) is 0.353. The van der Waals surface area contributed by atoms with Crippen LogP contribution in [-0.4, -0.2) is 47.0 Å². The molecule has 1 aromatic carbocycles. The molecule has 1 aliphatic heterocycles. The highest BCUT2D eigenvalue weighted by atomic mass is 35.5. The van der Waals surface area contributed by atoms with E-state index in [0.29, 0.717) is 11.6 Å². The van der Waals surface area contributed by atoms with E-state index < -0.39 is 0 Å². The average Bonchev–Trinajstić information content (AvgIpc) is 2.84. The van der Waals surface area contributed by atoms with Crippen LogP contribution in [0.4, 0.5) is 11.8 Å². The van der Waals surface area contributed by atoms with E-state index in [4.69, 9.17) is 17.3 Å². The number of aromatic nitrogens is 2. The Labute approximate surface area is 156 Å². The van der Waals surface area contributed by atoms with Gasteiger partial charge in [-0.15, -0.1) is 0 Å². The van der Waals surface area contributed by atoms with Gasteiger partial charge in [-0.25, -0.2) is 4.98 Å². The van der Waals surface area contributed by atoms with Crippen LogP contribution in [0.3, 0.4) is 0 Å². The molecule has 1 aromatic heterocycles. The molecule has 0 unspecified atom stereocenters. The lowest BCUT2D eigenvalue weighted by Gasteiger charge is -2.24. The maximum atomic E-state index is 11.6. The Morgan fingerprint density at radius 1 is 1.20 bits per heavy atom. The Kier molecular flexibility index (Phi) is 5.65. The van der Waals surface area contributed by atoms with Crippen molar-refractivity contribution in [2.24, 2.45) is 0 Å². The summed E-state index contributed by atoms with van der Waals surface area (Å²) in [6.07, 6.45) is 2.65. The monoisotopic (exact) mass is 377 g/mol. The number of benzene rings is 1. The molecule has 8 heteroatoms. The summed E-state index contributed by atoms with van der Waals surface area (Å²) in [6, 6.07) is 7.65. The van der Waals surface area contributed by atoms with Gasteiger partial charge in [0.2, 0.25) is 11.9 Å².